The largest absolute Gasteiger partial charge is 0.478 e. The van der Waals surface area contributed by atoms with Crippen LogP contribution in [0.25, 0.3) is 0 Å². The van der Waals surface area contributed by atoms with Crippen molar-refractivity contribution in [3.8, 4) is 0 Å². The Hall–Kier alpha value is -2.22. The van der Waals surface area contributed by atoms with E-state index in [1.807, 2.05) is 11.3 Å². The quantitative estimate of drug-likeness (QED) is 0.789. The van der Waals surface area contributed by atoms with Gasteiger partial charge in [-0.25, -0.2) is 9.59 Å². The minimum Gasteiger partial charge on any atom is -0.478 e. The number of aryl methyl sites for hydroxylation is 1. The number of rotatable bonds is 5. The van der Waals surface area contributed by atoms with Crippen molar-refractivity contribution in [2.45, 2.75) is 33.2 Å². The molecule has 0 saturated carbocycles. The summed E-state index contributed by atoms with van der Waals surface area (Å²) in [6, 6.07) is 7.13. The molecular weight excluding hydrogens is 378 g/mol. The zero-order valence-electron chi connectivity index (χ0n) is 16.5. The van der Waals surface area contributed by atoms with Crippen LogP contribution in [0.3, 0.4) is 0 Å². The maximum absolute atomic E-state index is 10.6. The fourth-order valence-electron chi connectivity index (χ4n) is 3.14. The molecule has 152 valence electrons. The Kier molecular flexibility index (Phi) is 8.17. The standard InChI is InChI=1S/C12H19NOS.C9H8O4/c1-10-7-12(15-9-10)8-11(2)13-3-5-14-6-4-13;1-5-6(8(10)11)3-2-4-7(5)9(12)13/h7,9,11H,3-6,8H2,1-2H3;2-4H,1H3,(H,10,11)(H,12,13). The van der Waals surface area contributed by atoms with Gasteiger partial charge in [0, 0.05) is 24.0 Å². The molecule has 1 fully saturated rings. The van der Waals surface area contributed by atoms with Crippen LogP contribution in [0.4, 0.5) is 0 Å². The number of aromatic carboxylic acids is 2. The predicted molar refractivity (Wildman–Crippen MR) is 110 cm³/mol. The van der Waals surface area contributed by atoms with Crippen molar-refractivity contribution in [1.82, 2.24) is 4.90 Å². The van der Waals surface area contributed by atoms with Crippen molar-refractivity contribution in [2.24, 2.45) is 0 Å². The number of morpholine rings is 1. The van der Waals surface area contributed by atoms with E-state index in [0.29, 0.717) is 6.04 Å². The second kappa shape index (κ2) is 10.4. The van der Waals surface area contributed by atoms with E-state index >= 15 is 0 Å². The van der Waals surface area contributed by atoms with Gasteiger partial charge in [0.1, 0.15) is 0 Å². The highest BCUT2D eigenvalue weighted by Crippen LogP contribution is 2.18. The lowest BCUT2D eigenvalue weighted by Gasteiger charge is -2.32. The molecule has 28 heavy (non-hydrogen) atoms. The van der Waals surface area contributed by atoms with Crippen LogP contribution in [0.5, 0.6) is 0 Å². The first-order valence-electron chi connectivity index (χ1n) is 9.21. The van der Waals surface area contributed by atoms with Gasteiger partial charge in [-0.3, -0.25) is 4.90 Å². The monoisotopic (exact) mass is 405 g/mol. The van der Waals surface area contributed by atoms with Gasteiger partial charge in [-0.15, -0.1) is 11.3 Å². The third kappa shape index (κ3) is 6.15. The van der Waals surface area contributed by atoms with Gasteiger partial charge in [0.05, 0.1) is 24.3 Å². The van der Waals surface area contributed by atoms with E-state index in [0.717, 1.165) is 26.3 Å². The Labute approximate surface area is 169 Å². The molecule has 1 atom stereocenters. The molecular formula is C21H27NO5S. The SMILES string of the molecule is Cc1c(C(=O)O)cccc1C(=O)O.Cc1csc(CC(C)N2CCOCC2)c1. The Morgan fingerprint density at radius 3 is 2.18 bits per heavy atom. The Balaban J connectivity index is 0.000000203. The van der Waals surface area contributed by atoms with Crippen molar-refractivity contribution >= 4 is 23.3 Å². The molecule has 3 rings (SSSR count). The third-order valence-corrected chi connectivity index (χ3v) is 5.82. The van der Waals surface area contributed by atoms with Crippen LogP contribution >= 0.6 is 11.3 Å². The first-order chi connectivity index (χ1) is 13.3. The fraction of sp³-hybridized carbons (Fsp3) is 0.429. The fourth-order valence-corrected chi connectivity index (χ4v) is 4.13. The zero-order valence-corrected chi connectivity index (χ0v) is 17.3. The number of hydrogen-bond acceptors (Lipinski definition) is 5. The van der Waals surface area contributed by atoms with Crippen LogP contribution in [0, 0.1) is 13.8 Å². The summed E-state index contributed by atoms with van der Waals surface area (Å²) in [5, 5.41) is 19.6. The summed E-state index contributed by atoms with van der Waals surface area (Å²) in [5.41, 5.74) is 1.73. The molecule has 1 aliphatic rings. The maximum Gasteiger partial charge on any atom is 0.335 e. The van der Waals surface area contributed by atoms with E-state index in [4.69, 9.17) is 14.9 Å². The van der Waals surface area contributed by atoms with E-state index in [1.54, 1.807) is 0 Å². The molecule has 2 N–H and O–H groups in total. The van der Waals surface area contributed by atoms with Crippen molar-refractivity contribution in [2.75, 3.05) is 26.3 Å². The van der Waals surface area contributed by atoms with Gasteiger partial charge in [0.25, 0.3) is 0 Å². The predicted octanol–water partition coefficient (Wildman–Crippen LogP) is 3.71. The van der Waals surface area contributed by atoms with Crippen LogP contribution in [0.1, 0.15) is 43.6 Å². The molecule has 6 nitrogen and oxygen atoms in total. The average Bonchev–Trinajstić information content (AvgIpc) is 3.07. The molecule has 1 unspecified atom stereocenters. The van der Waals surface area contributed by atoms with Crippen LogP contribution in [-0.2, 0) is 11.2 Å². The molecule has 1 aromatic heterocycles. The smallest absolute Gasteiger partial charge is 0.335 e. The molecule has 7 heteroatoms. The second-order valence-electron chi connectivity index (χ2n) is 6.88. The second-order valence-corrected chi connectivity index (χ2v) is 7.88. The number of carboxylic acid groups (broad SMARTS) is 2. The molecule has 0 bridgehead atoms. The van der Waals surface area contributed by atoms with Crippen molar-refractivity contribution in [3.05, 3.63) is 56.8 Å². The highest BCUT2D eigenvalue weighted by Gasteiger charge is 2.17. The number of hydrogen-bond donors (Lipinski definition) is 2. The summed E-state index contributed by atoms with van der Waals surface area (Å²) in [4.78, 5) is 25.2. The van der Waals surface area contributed by atoms with Gasteiger partial charge in [0.2, 0.25) is 0 Å². The summed E-state index contributed by atoms with van der Waals surface area (Å²) in [6.45, 7) is 9.94. The lowest BCUT2D eigenvalue weighted by Crippen LogP contribution is -2.42. The summed E-state index contributed by atoms with van der Waals surface area (Å²) in [6.07, 6.45) is 1.18. The Bertz CT molecular complexity index is 779. The van der Waals surface area contributed by atoms with Gasteiger partial charge in [-0.2, -0.15) is 0 Å². The van der Waals surface area contributed by atoms with Gasteiger partial charge in [-0.1, -0.05) is 6.07 Å². The molecule has 1 aliphatic heterocycles. The summed E-state index contributed by atoms with van der Waals surface area (Å²) >= 11 is 1.88. The Morgan fingerprint density at radius 2 is 1.71 bits per heavy atom. The summed E-state index contributed by atoms with van der Waals surface area (Å²) in [5.74, 6) is -2.22. The van der Waals surface area contributed by atoms with Crippen LogP contribution in [-0.4, -0.2) is 59.4 Å². The van der Waals surface area contributed by atoms with E-state index in [2.05, 4.69) is 30.2 Å². The number of benzene rings is 1. The molecule has 0 aliphatic carbocycles. The normalized spacial score (nSPS) is 15.4. The third-order valence-electron chi connectivity index (χ3n) is 4.75. The summed E-state index contributed by atoms with van der Waals surface area (Å²) < 4.78 is 5.37. The molecule has 0 spiro atoms. The molecule has 1 saturated heterocycles. The molecule has 0 radical (unpaired) electrons. The lowest BCUT2D eigenvalue weighted by atomic mass is 10.0. The Morgan fingerprint density at radius 1 is 1.14 bits per heavy atom. The number of carboxylic acids is 2. The van der Waals surface area contributed by atoms with Crippen LogP contribution in [0.2, 0.25) is 0 Å². The van der Waals surface area contributed by atoms with Gasteiger partial charge in [0.15, 0.2) is 0 Å². The van der Waals surface area contributed by atoms with Crippen LogP contribution in [0.15, 0.2) is 29.6 Å². The lowest BCUT2D eigenvalue weighted by molar-refractivity contribution is 0.0205. The molecule has 0 amide bonds. The molecule has 1 aromatic carbocycles. The topological polar surface area (TPSA) is 87.1 Å². The van der Waals surface area contributed by atoms with Crippen LogP contribution < -0.4 is 0 Å². The van der Waals surface area contributed by atoms with E-state index in [-0.39, 0.29) is 16.7 Å². The highest BCUT2D eigenvalue weighted by atomic mass is 32.1. The number of ether oxygens (including phenoxy) is 1. The molecule has 2 aromatic rings. The van der Waals surface area contributed by atoms with Crippen molar-refractivity contribution in [1.29, 1.82) is 0 Å². The minimum atomic E-state index is -1.11. The van der Waals surface area contributed by atoms with Gasteiger partial charge >= 0.3 is 11.9 Å². The maximum atomic E-state index is 10.6. The van der Waals surface area contributed by atoms with Gasteiger partial charge < -0.3 is 14.9 Å². The van der Waals surface area contributed by atoms with Crippen molar-refractivity contribution in [3.63, 3.8) is 0 Å². The summed E-state index contributed by atoms with van der Waals surface area (Å²) in [7, 11) is 0. The first kappa shape index (κ1) is 22.1. The van der Waals surface area contributed by atoms with E-state index < -0.39 is 11.9 Å². The van der Waals surface area contributed by atoms with E-state index in [9.17, 15) is 9.59 Å². The first-order valence-corrected chi connectivity index (χ1v) is 10.1. The zero-order chi connectivity index (χ0) is 20.7. The number of thiophene rings is 1. The highest BCUT2D eigenvalue weighted by molar-refractivity contribution is 7.10. The number of nitrogens with zero attached hydrogens (tertiary/aromatic N) is 1. The van der Waals surface area contributed by atoms with E-state index in [1.165, 1.54) is 42.0 Å². The molecule has 2 heterocycles. The minimum absolute atomic E-state index is 0.0277. The van der Waals surface area contributed by atoms with Gasteiger partial charge in [-0.05, 0) is 61.9 Å². The van der Waals surface area contributed by atoms with Crippen molar-refractivity contribution < 1.29 is 24.5 Å². The number of carbonyl (C=O) groups is 2. The average molecular weight is 406 g/mol.